The summed E-state index contributed by atoms with van der Waals surface area (Å²) < 4.78 is 0.773. The molecule has 0 atom stereocenters. The molecule has 2 aromatic carbocycles. The number of nitrogen functional groups attached to an aromatic ring is 1. The van der Waals surface area contributed by atoms with E-state index < -0.39 is 0 Å². The van der Waals surface area contributed by atoms with Crippen LogP contribution in [0.5, 0.6) is 0 Å². The highest BCUT2D eigenvalue weighted by Crippen LogP contribution is 2.25. The molecule has 0 amide bonds. The zero-order valence-electron chi connectivity index (χ0n) is 9.97. The second-order valence-electron chi connectivity index (χ2n) is 4.11. The summed E-state index contributed by atoms with van der Waals surface area (Å²) in [5, 5.41) is 5.60. The van der Waals surface area contributed by atoms with Gasteiger partial charge in [-0.2, -0.15) is 4.98 Å². The van der Waals surface area contributed by atoms with Crippen LogP contribution in [0.1, 0.15) is 0 Å². The van der Waals surface area contributed by atoms with Crippen LogP contribution in [-0.2, 0) is 0 Å². The lowest BCUT2D eigenvalue weighted by atomic mass is 10.1. The molecular formula is C14H11BrN4. The number of rotatable bonds is 2. The Hall–Kier alpha value is -2.14. The van der Waals surface area contributed by atoms with E-state index >= 15 is 0 Å². The smallest absolute Gasteiger partial charge is 0.222 e. The minimum Gasteiger partial charge on any atom is -0.368 e. The molecule has 19 heavy (non-hydrogen) atoms. The minimum absolute atomic E-state index is 0.242. The van der Waals surface area contributed by atoms with E-state index in [4.69, 9.17) is 5.73 Å². The molecule has 0 saturated heterocycles. The Morgan fingerprint density at radius 1 is 1.05 bits per heavy atom. The fourth-order valence-electron chi connectivity index (χ4n) is 1.87. The quantitative estimate of drug-likeness (QED) is 0.756. The number of aromatic nitrogens is 2. The lowest BCUT2D eigenvalue weighted by Gasteiger charge is -2.08. The van der Waals surface area contributed by atoms with E-state index in [9.17, 15) is 0 Å². The molecule has 0 saturated carbocycles. The highest BCUT2D eigenvalue weighted by Gasteiger charge is 2.04. The number of nitrogens with two attached hydrogens (primary N) is 1. The van der Waals surface area contributed by atoms with Crippen LogP contribution in [0.4, 0.5) is 17.5 Å². The maximum Gasteiger partial charge on any atom is 0.222 e. The molecule has 4 nitrogen and oxygen atoms in total. The first-order chi connectivity index (χ1) is 9.22. The number of hydrogen-bond acceptors (Lipinski definition) is 4. The third kappa shape index (κ3) is 2.51. The highest BCUT2D eigenvalue weighted by atomic mass is 79.9. The molecule has 0 aliphatic heterocycles. The van der Waals surface area contributed by atoms with Crippen LogP contribution < -0.4 is 11.1 Å². The topological polar surface area (TPSA) is 63.8 Å². The summed E-state index contributed by atoms with van der Waals surface area (Å²) in [7, 11) is 0. The maximum absolute atomic E-state index is 5.59. The molecule has 3 aromatic rings. The van der Waals surface area contributed by atoms with Crippen molar-refractivity contribution in [2.45, 2.75) is 0 Å². The summed E-state index contributed by atoms with van der Waals surface area (Å²) in [4.78, 5) is 8.07. The first-order valence-corrected chi connectivity index (χ1v) is 6.55. The Bertz CT molecular complexity index is 742. The summed E-state index contributed by atoms with van der Waals surface area (Å²) >= 11 is 3.39. The van der Waals surface area contributed by atoms with Gasteiger partial charge in [-0.05, 0) is 38.8 Å². The van der Waals surface area contributed by atoms with Gasteiger partial charge in [-0.1, -0.05) is 30.3 Å². The normalized spacial score (nSPS) is 10.6. The fourth-order valence-corrected chi connectivity index (χ4v) is 2.16. The molecule has 0 spiro atoms. The molecule has 1 aromatic heterocycles. The number of anilines is 3. The van der Waals surface area contributed by atoms with Gasteiger partial charge in [0.05, 0.1) is 4.47 Å². The first kappa shape index (κ1) is 11.9. The third-order valence-corrected chi connectivity index (χ3v) is 3.36. The second-order valence-corrected chi connectivity index (χ2v) is 4.97. The van der Waals surface area contributed by atoms with E-state index in [1.54, 1.807) is 6.20 Å². The Morgan fingerprint density at radius 3 is 2.68 bits per heavy atom. The molecule has 0 fully saturated rings. The summed E-state index contributed by atoms with van der Waals surface area (Å²) in [6.07, 6.45) is 1.63. The average Bonchev–Trinajstić information content (AvgIpc) is 2.43. The Labute approximate surface area is 118 Å². The van der Waals surface area contributed by atoms with Crippen LogP contribution in [-0.4, -0.2) is 9.97 Å². The largest absolute Gasteiger partial charge is 0.368 e. The number of halogens is 1. The van der Waals surface area contributed by atoms with Crippen molar-refractivity contribution >= 4 is 44.2 Å². The number of nitrogens with zero attached hydrogens (tertiary/aromatic N) is 2. The Balaban J connectivity index is 1.98. The van der Waals surface area contributed by atoms with Crippen LogP contribution in [0.2, 0.25) is 0 Å². The van der Waals surface area contributed by atoms with Gasteiger partial charge in [0, 0.05) is 11.9 Å². The zero-order chi connectivity index (χ0) is 13.2. The van der Waals surface area contributed by atoms with Crippen molar-refractivity contribution in [3.8, 4) is 0 Å². The molecule has 0 radical (unpaired) electrons. The molecule has 3 N–H and O–H groups in total. The van der Waals surface area contributed by atoms with Gasteiger partial charge in [-0.3, -0.25) is 0 Å². The van der Waals surface area contributed by atoms with E-state index in [1.165, 1.54) is 10.8 Å². The Kier molecular flexibility index (Phi) is 3.05. The van der Waals surface area contributed by atoms with Crippen molar-refractivity contribution < 1.29 is 0 Å². The van der Waals surface area contributed by atoms with Gasteiger partial charge >= 0.3 is 0 Å². The number of nitrogens with one attached hydrogen (secondary N) is 1. The van der Waals surface area contributed by atoms with Crippen molar-refractivity contribution in [2.75, 3.05) is 11.1 Å². The molecule has 94 valence electrons. The molecule has 1 heterocycles. The molecule has 3 rings (SSSR count). The van der Waals surface area contributed by atoms with Crippen molar-refractivity contribution in [1.82, 2.24) is 9.97 Å². The highest BCUT2D eigenvalue weighted by molar-refractivity contribution is 9.10. The van der Waals surface area contributed by atoms with Crippen molar-refractivity contribution in [3.05, 3.63) is 53.1 Å². The van der Waals surface area contributed by atoms with Gasteiger partial charge in [0.1, 0.15) is 5.82 Å². The van der Waals surface area contributed by atoms with Gasteiger partial charge in [0.15, 0.2) is 0 Å². The van der Waals surface area contributed by atoms with Crippen molar-refractivity contribution in [2.24, 2.45) is 0 Å². The summed E-state index contributed by atoms with van der Waals surface area (Å²) in [5.41, 5.74) is 6.54. The lowest BCUT2D eigenvalue weighted by molar-refractivity contribution is 1.17. The SMILES string of the molecule is Nc1ncc(Br)c(Nc2ccc3ccccc3c2)n1. The monoisotopic (exact) mass is 314 g/mol. The van der Waals surface area contributed by atoms with Gasteiger partial charge in [-0.25, -0.2) is 4.98 Å². The van der Waals surface area contributed by atoms with E-state index in [2.05, 4.69) is 55.5 Å². The number of benzene rings is 2. The molecule has 5 heteroatoms. The van der Waals surface area contributed by atoms with Gasteiger partial charge in [0.2, 0.25) is 5.95 Å². The molecule has 0 aliphatic carbocycles. The molecule has 0 bridgehead atoms. The summed E-state index contributed by atoms with van der Waals surface area (Å²) in [5.74, 6) is 0.897. The van der Waals surface area contributed by atoms with Gasteiger partial charge in [0.25, 0.3) is 0 Å². The second kappa shape index (κ2) is 4.85. The number of hydrogen-bond donors (Lipinski definition) is 2. The predicted molar refractivity (Wildman–Crippen MR) is 81.4 cm³/mol. The van der Waals surface area contributed by atoms with Crippen molar-refractivity contribution in [1.29, 1.82) is 0 Å². The fraction of sp³-hybridized carbons (Fsp3) is 0. The lowest BCUT2D eigenvalue weighted by Crippen LogP contribution is -2.00. The molecule has 0 unspecified atom stereocenters. The van der Waals surface area contributed by atoms with Gasteiger partial charge < -0.3 is 11.1 Å². The standard InChI is InChI=1S/C14H11BrN4/c15-12-8-17-14(16)19-13(12)18-11-6-5-9-3-1-2-4-10(9)7-11/h1-8H,(H3,16,17,18,19). The van der Waals surface area contributed by atoms with Crippen LogP contribution in [0.3, 0.4) is 0 Å². The first-order valence-electron chi connectivity index (χ1n) is 5.76. The van der Waals surface area contributed by atoms with E-state index in [0.29, 0.717) is 5.82 Å². The molecule has 0 aliphatic rings. The maximum atomic E-state index is 5.59. The Morgan fingerprint density at radius 2 is 1.84 bits per heavy atom. The van der Waals surface area contributed by atoms with Gasteiger partial charge in [-0.15, -0.1) is 0 Å². The van der Waals surface area contributed by atoms with Crippen LogP contribution in [0.15, 0.2) is 53.1 Å². The van der Waals surface area contributed by atoms with Crippen LogP contribution in [0, 0.1) is 0 Å². The average molecular weight is 315 g/mol. The van der Waals surface area contributed by atoms with E-state index in [1.807, 2.05) is 18.2 Å². The zero-order valence-corrected chi connectivity index (χ0v) is 11.6. The van der Waals surface area contributed by atoms with E-state index in [0.717, 1.165) is 10.2 Å². The summed E-state index contributed by atoms with van der Waals surface area (Å²) in [6, 6.07) is 14.3. The number of fused-ring (bicyclic) bond motifs is 1. The predicted octanol–water partition coefficient (Wildman–Crippen LogP) is 3.72. The third-order valence-electron chi connectivity index (χ3n) is 2.77. The van der Waals surface area contributed by atoms with Crippen LogP contribution in [0.25, 0.3) is 10.8 Å². The van der Waals surface area contributed by atoms with E-state index in [-0.39, 0.29) is 5.95 Å². The molecular weight excluding hydrogens is 304 g/mol. The van der Waals surface area contributed by atoms with Crippen LogP contribution >= 0.6 is 15.9 Å². The van der Waals surface area contributed by atoms with Crippen molar-refractivity contribution in [3.63, 3.8) is 0 Å². The summed E-state index contributed by atoms with van der Waals surface area (Å²) in [6.45, 7) is 0. The minimum atomic E-state index is 0.242.